The Morgan fingerprint density at radius 3 is 2.77 bits per heavy atom. The summed E-state index contributed by atoms with van der Waals surface area (Å²) in [7, 11) is 0. The molecule has 2 aromatic rings. The first-order valence-electron chi connectivity index (χ1n) is 7.83. The van der Waals surface area contributed by atoms with Crippen molar-refractivity contribution in [3.05, 3.63) is 29.3 Å². The Balaban J connectivity index is 1.73. The molecule has 1 fully saturated rings. The third-order valence-electron chi connectivity index (χ3n) is 4.23. The van der Waals surface area contributed by atoms with Gasteiger partial charge in [0, 0.05) is 57.2 Å². The molecule has 6 nitrogen and oxygen atoms in total. The molecule has 118 valence electrons. The van der Waals surface area contributed by atoms with Crippen LogP contribution in [0.2, 0.25) is 0 Å². The molecule has 0 atom stereocenters. The van der Waals surface area contributed by atoms with Crippen LogP contribution in [0.15, 0.2) is 12.3 Å². The van der Waals surface area contributed by atoms with Gasteiger partial charge in [-0.2, -0.15) is 0 Å². The van der Waals surface area contributed by atoms with Crippen LogP contribution in [0.25, 0.3) is 5.78 Å². The summed E-state index contributed by atoms with van der Waals surface area (Å²) in [6.45, 7) is 10.1. The number of aromatic nitrogens is 3. The van der Waals surface area contributed by atoms with E-state index in [9.17, 15) is 4.79 Å². The largest absolute Gasteiger partial charge is 0.342 e. The maximum Gasteiger partial charge on any atom is 0.234 e. The number of hydrogen-bond donors (Lipinski definition) is 0. The smallest absolute Gasteiger partial charge is 0.234 e. The summed E-state index contributed by atoms with van der Waals surface area (Å²) in [6.07, 6.45) is 3.09. The van der Waals surface area contributed by atoms with E-state index in [0.29, 0.717) is 0 Å². The molecule has 1 aliphatic rings. The van der Waals surface area contributed by atoms with Crippen molar-refractivity contribution in [3.8, 4) is 0 Å². The molecule has 2 aromatic heterocycles. The van der Waals surface area contributed by atoms with Gasteiger partial charge in [0.2, 0.25) is 11.7 Å². The molecule has 6 heteroatoms. The molecular weight excluding hydrogens is 278 g/mol. The minimum absolute atomic E-state index is 0.171. The molecule has 0 N–H and O–H groups in total. The number of fused-ring (bicyclic) bond motifs is 1. The molecule has 0 aromatic carbocycles. The van der Waals surface area contributed by atoms with Crippen LogP contribution in [0.5, 0.6) is 0 Å². The summed E-state index contributed by atoms with van der Waals surface area (Å²) in [5, 5.41) is 0. The fourth-order valence-corrected chi connectivity index (χ4v) is 3.07. The van der Waals surface area contributed by atoms with Crippen molar-refractivity contribution in [1.29, 1.82) is 0 Å². The molecule has 0 spiro atoms. The number of nitrogens with zero attached hydrogens (tertiary/aromatic N) is 5. The van der Waals surface area contributed by atoms with Gasteiger partial charge < -0.3 is 4.90 Å². The summed E-state index contributed by atoms with van der Waals surface area (Å²) in [5.41, 5.74) is 3.19. The molecule has 1 saturated heterocycles. The van der Waals surface area contributed by atoms with Gasteiger partial charge in [-0.1, -0.05) is 0 Å². The Labute approximate surface area is 130 Å². The quantitative estimate of drug-likeness (QED) is 0.841. The van der Waals surface area contributed by atoms with E-state index in [4.69, 9.17) is 0 Å². The molecule has 0 radical (unpaired) electrons. The summed E-state index contributed by atoms with van der Waals surface area (Å²) in [6, 6.07) is 2.06. The standard InChI is InChI=1S/C16H23N5O/c1-12-9-13(2)21-11-15(18-16(21)17-12)10-19-5-4-6-20(8-7-19)14(3)22/h9,11H,4-8,10H2,1-3H3. The van der Waals surface area contributed by atoms with Crippen LogP contribution in [0.1, 0.15) is 30.4 Å². The predicted octanol–water partition coefficient (Wildman–Crippen LogP) is 1.40. The first-order chi connectivity index (χ1) is 10.5. The molecule has 0 aliphatic carbocycles. The number of carbonyl (C=O) groups is 1. The van der Waals surface area contributed by atoms with Crippen molar-refractivity contribution < 1.29 is 4.79 Å². The second kappa shape index (κ2) is 6.04. The van der Waals surface area contributed by atoms with Crippen LogP contribution in [0.3, 0.4) is 0 Å². The zero-order valence-corrected chi connectivity index (χ0v) is 13.5. The maximum atomic E-state index is 11.5. The minimum Gasteiger partial charge on any atom is -0.342 e. The third-order valence-corrected chi connectivity index (χ3v) is 4.23. The molecule has 3 heterocycles. The van der Waals surface area contributed by atoms with Gasteiger partial charge in [-0.25, -0.2) is 9.97 Å². The van der Waals surface area contributed by atoms with E-state index in [1.54, 1.807) is 6.92 Å². The van der Waals surface area contributed by atoms with E-state index in [-0.39, 0.29) is 5.91 Å². The molecule has 3 rings (SSSR count). The lowest BCUT2D eigenvalue weighted by Crippen LogP contribution is -2.33. The maximum absolute atomic E-state index is 11.5. The van der Waals surface area contributed by atoms with Crippen molar-refractivity contribution in [1.82, 2.24) is 24.2 Å². The van der Waals surface area contributed by atoms with Gasteiger partial charge in [0.25, 0.3) is 0 Å². The van der Waals surface area contributed by atoms with Gasteiger partial charge >= 0.3 is 0 Å². The van der Waals surface area contributed by atoms with Crippen molar-refractivity contribution in [2.45, 2.75) is 33.7 Å². The summed E-state index contributed by atoms with van der Waals surface area (Å²) in [5.74, 6) is 0.942. The van der Waals surface area contributed by atoms with Gasteiger partial charge in [-0.15, -0.1) is 0 Å². The fraction of sp³-hybridized carbons (Fsp3) is 0.562. The van der Waals surface area contributed by atoms with Crippen LogP contribution in [0, 0.1) is 13.8 Å². The lowest BCUT2D eigenvalue weighted by Gasteiger charge is -2.20. The van der Waals surface area contributed by atoms with Crippen LogP contribution >= 0.6 is 0 Å². The summed E-state index contributed by atoms with van der Waals surface area (Å²) >= 11 is 0. The van der Waals surface area contributed by atoms with E-state index < -0.39 is 0 Å². The molecule has 1 amide bonds. The van der Waals surface area contributed by atoms with Gasteiger partial charge in [0.1, 0.15) is 0 Å². The lowest BCUT2D eigenvalue weighted by molar-refractivity contribution is -0.128. The Hall–Kier alpha value is -1.95. The van der Waals surface area contributed by atoms with Crippen LogP contribution < -0.4 is 0 Å². The second-order valence-corrected chi connectivity index (χ2v) is 6.08. The zero-order chi connectivity index (χ0) is 15.7. The summed E-state index contributed by atoms with van der Waals surface area (Å²) in [4.78, 5) is 24.9. The number of imidazole rings is 1. The molecular formula is C16H23N5O. The van der Waals surface area contributed by atoms with Crippen molar-refractivity contribution >= 4 is 11.7 Å². The number of amides is 1. The van der Waals surface area contributed by atoms with E-state index in [1.807, 2.05) is 16.2 Å². The monoisotopic (exact) mass is 301 g/mol. The highest BCUT2D eigenvalue weighted by atomic mass is 16.2. The Morgan fingerprint density at radius 1 is 1.18 bits per heavy atom. The highest BCUT2D eigenvalue weighted by Crippen LogP contribution is 2.12. The highest BCUT2D eigenvalue weighted by Gasteiger charge is 2.17. The van der Waals surface area contributed by atoms with E-state index in [2.05, 4.69) is 34.1 Å². The van der Waals surface area contributed by atoms with E-state index in [0.717, 1.165) is 62.0 Å². The van der Waals surface area contributed by atoms with Gasteiger partial charge in [0.05, 0.1) is 5.69 Å². The Bertz CT molecular complexity index is 693. The second-order valence-electron chi connectivity index (χ2n) is 6.08. The molecule has 22 heavy (non-hydrogen) atoms. The third kappa shape index (κ3) is 3.11. The van der Waals surface area contributed by atoms with Gasteiger partial charge in [-0.05, 0) is 26.3 Å². The minimum atomic E-state index is 0.171. The normalized spacial score (nSPS) is 17.0. The topological polar surface area (TPSA) is 53.7 Å². The van der Waals surface area contributed by atoms with Crippen molar-refractivity contribution in [3.63, 3.8) is 0 Å². The van der Waals surface area contributed by atoms with Gasteiger partial charge in [0.15, 0.2) is 0 Å². The SMILES string of the molecule is CC(=O)N1CCCN(Cc2cn3c(C)cc(C)nc3n2)CC1. The average Bonchev–Trinajstić information content (AvgIpc) is 2.69. The predicted molar refractivity (Wildman–Crippen MR) is 84.6 cm³/mol. The molecule has 1 aliphatic heterocycles. The molecule has 0 unspecified atom stereocenters. The van der Waals surface area contributed by atoms with Gasteiger partial charge in [-0.3, -0.25) is 14.1 Å². The number of carbonyl (C=O) groups excluding carboxylic acids is 1. The van der Waals surface area contributed by atoms with E-state index >= 15 is 0 Å². The number of rotatable bonds is 2. The first-order valence-corrected chi connectivity index (χ1v) is 7.83. The number of aryl methyl sites for hydroxylation is 2. The van der Waals surface area contributed by atoms with Crippen LogP contribution in [-0.2, 0) is 11.3 Å². The number of hydrogen-bond acceptors (Lipinski definition) is 4. The Morgan fingerprint density at radius 2 is 2.00 bits per heavy atom. The van der Waals surface area contributed by atoms with Crippen LogP contribution in [-0.4, -0.2) is 56.3 Å². The lowest BCUT2D eigenvalue weighted by atomic mass is 10.3. The average molecular weight is 301 g/mol. The molecule has 0 saturated carbocycles. The Kier molecular flexibility index (Phi) is 4.11. The first kappa shape index (κ1) is 15.0. The summed E-state index contributed by atoms with van der Waals surface area (Å²) < 4.78 is 2.04. The highest BCUT2D eigenvalue weighted by molar-refractivity contribution is 5.73. The van der Waals surface area contributed by atoms with Crippen molar-refractivity contribution in [2.75, 3.05) is 26.2 Å². The zero-order valence-electron chi connectivity index (χ0n) is 13.5. The van der Waals surface area contributed by atoms with E-state index in [1.165, 1.54) is 0 Å². The molecule has 0 bridgehead atoms. The van der Waals surface area contributed by atoms with Crippen LogP contribution in [0.4, 0.5) is 0 Å². The van der Waals surface area contributed by atoms with Crippen molar-refractivity contribution in [2.24, 2.45) is 0 Å². The fourth-order valence-electron chi connectivity index (χ4n) is 3.07.